The summed E-state index contributed by atoms with van der Waals surface area (Å²) in [5, 5.41) is 2.67. The number of aromatic nitrogens is 1. The van der Waals surface area contributed by atoms with Crippen molar-refractivity contribution in [3.05, 3.63) is 59.2 Å². The molecule has 0 bridgehead atoms. The molecule has 2 aromatic rings. The number of fused-ring (bicyclic) bond motifs is 1. The predicted molar refractivity (Wildman–Crippen MR) is 85.9 cm³/mol. The van der Waals surface area contributed by atoms with E-state index in [1.807, 2.05) is 22.6 Å². The van der Waals surface area contributed by atoms with Crippen molar-refractivity contribution in [3.63, 3.8) is 0 Å². The van der Waals surface area contributed by atoms with E-state index in [0.717, 1.165) is 0 Å². The number of carbonyl (C=O) groups excluding carboxylic acids is 2. The molecule has 4 nitrogen and oxygen atoms in total. The molecular weight excluding hydrogens is 386 g/mol. The molecule has 6 heteroatoms. The third-order valence-corrected chi connectivity index (χ3v) is 4.08. The minimum absolute atomic E-state index is 0.124. The molecule has 0 fully saturated rings. The minimum atomic E-state index is -0.440. The number of hydrogen-bond donors (Lipinski definition) is 2. The van der Waals surface area contributed by atoms with E-state index in [1.54, 1.807) is 18.3 Å². The lowest BCUT2D eigenvalue weighted by Crippen LogP contribution is -2.03. The molecule has 2 heterocycles. The van der Waals surface area contributed by atoms with E-state index in [0.29, 0.717) is 26.1 Å². The fraction of sp³-hybridized carbons (Fsp3) is 0.0667. The van der Waals surface area contributed by atoms with E-state index in [-0.39, 0.29) is 18.1 Å². The van der Waals surface area contributed by atoms with Gasteiger partial charge in [0.15, 0.2) is 0 Å². The van der Waals surface area contributed by atoms with Crippen molar-refractivity contribution in [1.82, 2.24) is 4.98 Å². The fourth-order valence-electron chi connectivity index (χ4n) is 2.28. The molecular formula is C15H10FIN2O2. The van der Waals surface area contributed by atoms with Gasteiger partial charge in [-0.25, -0.2) is 4.39 Å². The van der Waals surface area contributed by atoms with Crippen LogP contribution in [0.2, 0.25) is 0 Å². The lowest BCUT2D eigenvalue weighted by Gasteiger charge is -2.08. The first-order valence-electron chi connectivity index (χ1n) is 6.23. The molecule has 2 N–H and O–H groups in total. The fourth-order valence-corrected chi connectivity index (χ4v) is 3.15. The van der Waals surface area contributed by atoms with Crippen molar-refractivity contribution in [2.45, 2.75) is 6.42 Å². The number of allylic oxidation sites excluding steroid dienone is 1. The summed E-state index contributed by atoms with van der Waals surface area (Å²) < 4.78 is 14.6. The Morgan fingerprint density at radius 3 is 2.86 bits per heavy atom. The van der Waals surface area contributed by atoms with Gasteiger partial charge in [0.1, 0.15) is 5.82 Å². The van der Waals surface area contributed by atoms with Gasteiger partial charge in [-0.3, -0.25) is 9.59 Å². The van der Waals surface area contributed by atoms with Gasteiger partial charge in [-0.15, -0.1) is 0 Å². The number of anilines is 1. The van der Waals surface area contributed by atoms with Crippen LogP contribution in [-0.4, -0.2) is 16.7 Å². The molecule has 1 aromatic heterocycles. The van der Waals surface area contributed by atoms with Gasteiger partial charge in [0, 0.05) is 27.1 Å². The van der Waals surface area contributed by atoms with Crippen LogP contribution < -0.4 is 5.32 Å². The monoisotopic (exact) mass is 396 g/mol. The van der Waals surface area contributed by atoms with Crippen LogP contribution in [0.3, 0.4) is 0 Å². The highest BCUT2D eigenvalue weighted by Gasteiger charge is 2.24. The van der Waals surface area contributed by atoms with Crippen molar-refractivity contribution in [1.29, 1.82) is 0 Å². The second kappa shape index (κ2) is 5.44. The number of halogens is 2. The van der Waals surface area contributed by atoms with Crippen molar-refractivity contribution in [2.75, 3.05) is 5.32 Å². The minimum Gasteiger partial charge on any atom is -0.359 e. The quantitative estimate of drug-likeness (QED) is 0.475. The van der Waals surface area contributed by atoms with Crippen LogP contribution >= 0.6 is 22.6 Å². The van der Waals surface area contributed by atoms with Crippen LogP contribution in [0.5, 0.6) is 0 Å². The summed E-state index contributed by atoms with van der Waals surface area (Å²) >= 11 is 1.92. The summed E-state index contributed by atoms with van der Waals surface area (Å²) in [6.45, 7) is 0. The molecule has 0 saturated carbocycles. The van der Waals surface area contributed by atoms with Gasteiger partial charge in [0.2, 0.25) is 11.7 Å². The second-order valence-corrected chi connectivity index (χ2v) is 5.78. The van der Waals surface area contributed by atoms with Crippen molar-refractivity contribution in [3.8, 4) is 0 Å². The van der Waals surface area contributed by atoms with Gasteiger partial charge >= 0.3 is 0 Å². The number of nitrogens with one attached hydrogen (secondary N) is 2. The number of amides is 1. The Hall–Kier alpha value is -1.96. The summed E-state index contributed by atoms with van der Waals surface area (Å²) in [6, 6.07) is 6.21. The summed E-state index contributed by atoms with van der Waals surface area (Å²) in [5.74, 6) is -0.847. The molecule has 0 atom stereocenters. The summed E-state index contributed by atoms with van der Waals surface area (Å²) in [6.07, 6.45) is 3.14. The van der Waals surface area contributed by atoms with Crippen LogP contribution in [0.1, 0.15) is 21.6 Å². The van der Waals surface area contributed by atoms with Crippen LogP contribution in [0, 0.1) is 5.82 Å². The van der Waals surface area contributed by atoms with Gasteiger partial charge in [0.25, 0.3) is 0 Å². The number of ketones is 1. The molecule has 21 heavy (non-hydrogen) atoms. The van der Waals surface area contributed by atoms with Crippen molar-refractivity contribution >= 4 is 43.5 Å². The van der Waals surface area contributed by atoms with Crippen LogP contribution in [0.15, 0.2) is 36.5 Å². The lowest BCUT2D eigenvalue weighted by molar-refractivity contribution is -0.115. The molecule has 0 radical (unpaired) electrons. The molecule has 0 aliphatic carbocycles. The number of carbonyl (C=O) groups is 2. The van der Waals surface area contributed by atoms with Gasteiger partial charge in [0.05, 0.1) is 12.1 Å². The molecule has 106 valence electrons. The highest BCUT2D eigenvalue weighted by molar-refractivity contribution is 14.1. The van der Waals surface area contributed by atoms with E-state index in [9.17, 15) is 14.0 Å². The largest absolute Gasteiger partial charge is 0.359 e. The molecule has 1 aromatic carbocycles. The van der Waals surface area contributed by atoms with Crippen LogP contribution in [0.25, 0.3) is 3.58 Å². The van der Waals surface area contributed by atoms with E-state index in [2.05, 4.69) is 10.3 Å². The Morgan fingerprint density at radius 1 is 1.33 bits per heavy atom. The van der Waals surface area contributed by atoms with E-state index in [4.69, 9.17) is 0 Å². The first kappa shape index (κ1) is 14.0. The molecule has 1 amide bonds. The number of aromatic amines is 1. The normalized spacial score (nSPS) is 14.0. The second-order valence-electron chi connectivity index (χ2n) is 4.61. The zero-order chi connectivity index (χ0) is 15.0. The van der Waals surface area contributed by atoms with Crippen molar-refractivity contribution in [2.24, 2.45) is 0 Å². The maximum absolute atomic E-state index is 14.1. The SMILES string of the molecule is O=C1Cc2c(ccc(F)c2C(I)=CC(=O)c2ccc[nH]2)N1. The lowest BCUT2D eigenvalue weighted by atomic mass is 10.0. The topological polar surface area (TPSA) is 62.0 Å². The molecule has 0 saturated heterocycles. The molecule has 0 unspecified atom stereocenters. The maximum atomic E-state index is 14.1. The molecule has 1 aliphatic rings. The summed E-state index contributed by atoms with van der Waals surface area (Å²) in [5.41, 5.74) is 1.95. The average molecular weight is 396 g/mol. The number of benzene rings is 1. The highest BCUT2D eigenvalue weighted by Crippen LogP contribution is 2.35. The molecule has 1 aliphatic heterocycles. The Morgan fingerprint density at radius 2 is 2.14 bits per heavy atom. The van der Waals surface area contributed by atoms with E-state index >= 15 is 0 Å². The molecule has 0 spiro atoms. The standard InChI is InChI=1S/C15H10FIN2O2/c16-9-3-4-11-8(6-14(21)19-11)15(9)10(17)7-13(20)12-2-1-5-18-12/h1-5,7,18H,6H2,(H,19,21). The number of H-pyrrole nitrogens is 1. The summed E-state index contributed by atoms with van der Waals surface area (Å²) in [7, 11) is 0. The van der Waals surface area contributed by atoms with Crippen molar-refractivity contribution < 1.29 is 14.0 Å². The highest BCUT2D eigenvalue weighted by atomic mass is 127. The Bertz CT molecular complexity index is 766. The Kier molecular flexibility index (Phi) is 3.62. The Balaban J connectivity index is 2.03. The zero-order valence-corrected chi connectivity index (χ0v) is 12.9. The molecule has 3 rings (SSSR count). The maximum Gasteiger partial charge on any atom is 0.228 e. The third kappa shape index (κ3) is 2.63. The van der Waals surface area contributed by atoms with E-state index < -0.39 is 5.82 Å². The number of rotatable bonds is 3. The first-order chi connectivity index (χ1) is 10.1. The van der Waals surface area contributed by atoms with E-state index in [1.165, 1.54) is 18.2 Å². The van der Waals surface area contributed by atoms with Gasteiger partial charge in [-0.2, -0.15) is 0 Å². The van der Waals surface area contributed by atoms with Gasteiger partial charge < -0.3 is 10.3 Å². The zero-order valence-electron chi connectivity index (χ0n) is 10.7. The predicted octanol–water partition coefficient (Wildman–Crippen LogP) is 3.31. The van der Waals surface area contributed by atoms with Crippen LogP contribution in [0.4, 0.5) is 10.1 Å². The third-order valence-electron chi connectivity index (χ3n) is 3.23. The first-order valence-corrected chi connectivity index (χ1v) is 7.30. The van der Waals surface area contributed by atoms with Gasteiger partial charge in [-0.05, 0) is 52.4 Å². The van der Waals surface area contributed by atoms with Gasteiger partial charge in [-0.1, -0.05) is 0 Å². The Labute approximate surface area is 133 Å². The van der Waals surface area contributed by atoms with Crippen LogP contribution in [-0.2, 0) is 11.2 Å². The smallest absolute Gasteiger partial charge is 0.228 e. The summed E-state index contributed by atoms with van der Waals surface area (Å²) in [4.78, 5) is 26.3. The number of hydrogen-bond acceptors (Lipinski definition) is 2. The average Bonchev–Trinajstić information content (AvgIpc) is 3.06.